The maximum Gasteiger partial charge on any atom is 0.203 e. The van der Waals surface area contributed by atoms with Crippen molar-refractivity contribution in [1.82, 2.24) is 15.2 Å². The summed E-state index contributed by atoms with van der Waals surface area (Å²) in [5.41, 5.74) is 4.39. The predicted molar refractivity (Wildman–Crippen MR) is 101 cm³/mol. The van der Waals surface area contributed by atoms with Crippen molar-refractivity contribution in [3.8, 4) is 28.5 Å². The van der Waals surface area contributed by atoms with Gasteiger partial charge in [0.05, 0.1) is 32.7 Å². The van der Waals surface area contributed by atoms with Crippen molar-refractivity contribution in [1.29, 1.82) is 0 Å². The van der Waals surface area contributed by atoms with E-state index in [4.69, 9.17) is 19.2 Å². The van der Waals surface area contributed by atoms with Gasteiger partial charge in [-0.1, -0.05) is 24.3 Å². The molecule has 0 saturated carbocycles. The number of methoxy groups -OCH3 is 3. The highest BCUT2D eigenvalue weighted by Crippen LogP contribution is 2.42. The number of hydrogen-bond acceptors (Lipinski definition) is 5. The molecule has 4 aromatic rings. The maximum atomic E-state index is 5.50. The normalized spacial score (nSPS) is 11.1. The molecule has 2 aromatic carbocycles. The molecule has 0 aliphatic heterocycles. The first kappa shape index (κ1) is 16.2. The first-order valence-electron chi connectivity index (χ1n) is 8.21. The molecule has 6 nitrogen and oxygen atoms in total. The molecule has 0 fully saturated rings. The Balaban J connectivity index is 2.09. The van der Waals surface area contributed by atoms with E-state index in [-0.39, 0.29) is 0 Å². The first-order chi connectivity index (χ1) is 12.7. The van der Waals surface area contributed by atoms with Crippen molar-refractivity contribution in [2.45, 2.75) is 6.92 Å². The van der Waals surface area contributed by atoms with Crippen LogP contribution in [0.4, 0.5) is 0 Å². The van der Waals surface area contributed by atoms with Gasteiger partial charge in [-0.25, -0.2) is 4.98 Å². The van der Waals surface area contributed by atoms with Crippen molar-refractivity contribution in [2.24, 2.45) is 0 Å². The monoisotopic (exact) mass is 349 g/mol. The number of fused-ring (bicyclic) bond motifs is 3. The summed E-state index contributed by atoms with van der Waals surface area (Å²) in [7, 11) is 4.81. The van der Waals surface area contributed by atoms with E-state index < -0.39 is 0 Å². The van der Waals surface area contributed by atoms with E-state index in [2.05, 4.69) is 16.3 Å². The fourth-order valence-electron chi connectivity index (χ4n) is 3.25. The second-order valence-corrected chi connectivity index (χ2v) is 5.97. The molecule has 0 aliphatic carbocycles. The third kappa shape index (κ3) is 2.34. The second-order valence-electron chi connectivity index (χ2n) is 5.97. The minimum atomic E-state index is 0.559. The van der Waals surface area contributed by atoms with Crippen molar-refractivity contribution in [2.75, 3.05) is 21.3 Å². The second kappa shape index (κ2) is 6.22. The van der Waals surface area contributed by atoms with Crippen LogP contribution in [0.15, 0.2) is 36.4 Å². The Morgan fingerprint density at radius 3 is 2.12 bits per heavy atom. The number of ether oxygens (including phenoxy) is 3. The minimum Gasteiger partial charge on any atom is -0.493 e. The van der Waals surface area contributed by atoms with Gasteiger partial charge >= 0.3 is 0 Å². The van der Waals surface area contributed by atoms with Crippen LogP contribution < -0.4 is 14.2 Å². The van der Waals surface area contributed by atoms with Gasteiger partial charge in [-0.15, -0.1) is 0 Å². The Kier molecular flexibility index (Phi) is 3.88. The van der Waals surface area contributed by atoms with Gasteiger partial charge in [0.25, 0.3) is 0 Å². The molecule has 0 aliphatic rings. The molecule has 0 atom stereocenters. The topological polar surface area (TPSA) is 69.3 Å². The molecule has 132 valence electrons. The average Bonchev–Trinajstić information content (AvgIpc) is 3.07. The highest BCUT2D eigenvalue weighted by Gasteiger charge is 2.18. The van der Waals surface area contributed by atoms with Crippen molar-refractivity contribution < 1.29 is 14.2 Å². The number of rotatable bonds is 4. The summed E-state index contributed by atoms with van der Waals surface area (Å²) in [6.45, 7) is 1.97. The molecule has 0 unspecified atom stereocenters. The molecule has 2 aromatic heterocycles. The lowest BCUT2D eigenvalue weighted by Gasteiger charge is -2.15. The quantitative estimate of drug-likeness (QED) is 0.600. The van der Waals surface area contributed by atoms with Crippen molar-refractivity contribution in [3.63, 3.8) is 0 Å². The number of nitrogens with zero attached hydrogens (tertiary/aromatic N) is 2. The summed E-state index contributed by atoms with van der Waals surface area (Å²) in [6.07, 6.45) is 0. The van der Waals surface area contributed by atoms with Gasteiger partial charge in [0, 0.05) is 16.3 Å². The molecule has 26 heavy (non-hydrogen) atoms. The van der Waals surface area contributed by atoms with Gasteiger partial charge in [-0.2, -0.15) is 5.10 Å². The SMILES string of the molecule is COc1cc(-c2nc3c(C)[nH]nc3c3ccccc23)cc(OC)c1OC. The summed E-state index contributed by atoms with van der Waals surface area (Å²) in [6, 6.07) is 11.9. The van der Waals surface area contributed by atoms with Gasteiger partial charge in [-0.05, 0) is 19.1 Å². The first-order valence-corrected chi connectivity index (χ1v) is 8.21. The van der Waals surface area contributed by atoms with E-state index in [0.717, 1.165) is 38.8 Å². The summed E-state index contributed by atoms with van der Waals surface area (Å²) < 4.78 is 16.4. The van der Waals surface area contributed by atoms with Crippen molar-refractivity contribution in [3.05, 3.63) is 42.1 Å². The average molecular weight is 349 g/mol. The number of aromatic amines is 1. The molecule has 4 rings (SSSR count). The smallest absolute Gasteiger partial charge is 0.203 e. The van der Waals surface area contributed by atoms with Crippen molar-refractivity contribution >= 4 is 21.8 Å². The minimum absolute atomic E-state index is 0.559. The molecular weight excluding hydrogens is 330 g/mol. The standard InChI is InChI=1S/C20H19N3O3/c1-11-17-19(23-22-11)14-8-6-5-7-13(14)18(21-17)12-9-15(24-2)20(26-4)16(10-12)25-3/h5-10H,1-4H3,(H,22,23). The molecule has 1 N–H and O–H groups in total. The number of benzene rings is 2. The number of nitrogens with one attached hydrogen (secondary N) is 1. The van der Waals surface area contributed by atoms with Crippen LogP contribution in [0, 0.1) is 6.92 Å². The Labute approximate surface area is 150 Å². The molecule has 0 spiro atoms. The number of pyridine rings is 1. The summed E-state index contributed by atoms with van der Waals surface area (Å²) in [4.78, 5) is 4.89. The zero-order valence-electron chi connectivity index (χ0n) is 15.1. The Hall–Kier alpha value is -3.28. The van der Waals surface area contributed by atoms with Gasteiger partial charge in [-0.3, -0.25) is 5.10 Å². The highest BCUT2D eigenvalue weighted by molar-refractivity contribution is 6.09. The molecular formula is C20H19N3O3. The third-order valence-corrected chi connectivity index (χ3v) is 4.51. The third-order valence-electron chi connectivity index (χ3n) is 4.51. The maximum absolute atomic E-state index is 5.50. The molecule has 0 bridgehead atoms. The Morgan fingerprint density at radius 2 is 1.50 bits per heavy atom. The van der Waals surface area contributed by atoms with E-state index in [1.807, 2.05) is 37.3 Å². The van der Waals surface area contributed by atoms with E-state index in [1.165, 1.54) is 0 Å². The molecule has 0 radical (unpaired) electrons. The molecule has 0 amide bonds. The van der Waals surface area contributed by atoms with Gasteiger partial charge in [0.15, 0.2) is 11.5 Å². The summed E-state index contributed by atoms with van der Waals surface area (Å²) >= 11 is 0. The van der Waals surface area contributed by atoms with Crippen LogP contribution in [-0.2, 0) is 0 Å². The zero-order valence-corrected chi connectivity index (χ0v) is 15.1. The number of aromatic nitrogens is 3. The van der Waals surface area contributed by atoms with Crippen LogP contribution in [-0.4, -0.2) is 36.5 Å². The lowest BCUT2D eigenvalue weighted by molar-refractivity contribution is 0.324. The van der Waals surface area contributed by atoms with E-state index >= 15 is 0 Å². The van der Waals surface area contributed by atoms with Gasteiger partial charge in [0.2, 0.25) is 5.75 Å². The fraction of sp³-hybridized carbons (Fsp3) is 0.200. The van der Waals surface area contributed by atoms with Crippen LogP contribution in [0.2, 0.25) is 0 Å². The zero-order chi connectivity index (χ0) is 18.3. The lowest BCUT2D eigenvalue weighted by Crippen LogP contribution is -1.97. The number of aryl methyl sites for hydroxylation is 1. The highest BCUT2D eigenvalue weighted by atomic mass is 16.5. The van der Waals surface area contributed by atoms with Crippen LogP contribution in [0.5, 0.6) is 17.2 Å². The number of hydrogen-bond donors (Lipinski definition) is 1. The molecule has 6 heteroatoms. The van der Waals surface area contributed by atoms with Gasteiger partial charge in [0.1, 0.15) is 11.0 Å². The lowest BCUT2D eigenvalue weighted by atomic mass is 10.0. The Bertz CT molecular complexity index is 1090. The molecule has 0 saturated heterocycles. The van der Waals surface area contributed by atoms with E-state index in [1.54, 1.807) is 21.3 Å². The van der Waals surface area contributed by atoms with Crippen LogP contribution in [0.25, 0.3) is 33.1 Å². The summed E-state index contributed by atoms with van der Waals surface area (Å²) in [5.74, 6) is 1.75. The largest absolute Gasteiger partial charge is 0.493 e. The van der Waals surface area contributed by atoms with E-state index in [9.17, 15) is 0 Å². The number of H-pyrrole nitrogens is 1. The molecule has 2 heterocycles. The fourth-order valence-corrected chi connectivity index (χ4v) is 3.25. The van der Waals surface area contributed by atoms with Crippen LogP contribution >= 0.6 is 0 Å². The summed E-state index contributed by atoms with van der Waals surface area (Å²) in [5, 5.41) is 9.51. The van der Waals surface area contributed by atoms with Gasteiger partial charge < -0.3 is 14.2 Å². The Morgan fingerprint density at radius 1 is 0.846 bits per heavy atom. The van der Waals surface area contributed by atoms with E-state index in [0.29, 0.717) is 17.2 Å². The predicted octanol–water partition coefficient (Wildman–Crippen LogP) is 4.11. The van der Waals surface area contributed by atoms with Crippen LogP contribution in [0.3, 0.4) is 0 Å². The van der Waals surface area contributed by atoms with Crippen LogP contribution in [0.1, 0.15) is 5.69 Å².